The molecule has 0 bridgehead atoms. The fourth-order valence-electron chi connectivity index (χ4n) is 4.87. The van der Waals surface area contributed by atoms with Crippen molar-refractivity contribution < 1.29 is 18.3 Å². The standard InChI is InChI=1S/C24H26F2N6O2S/c1-34-17-8-7-13-19(17)29-10-16(21(13)32-9-3-4-12(27)11-32)30-23(33)20-22(28)35-24(31-20)18-14(25)5-2-6-15(18)26/h2,5-6,10,12,17H,3-4,7-9,11,27-28H2,1H3,(H,30,33). The summed E-state index contributed by atoms with van der Waals surface area (Å²) in [6.45, 7) is 1.47. The molecule has 1 aliphatic carbocycles. The molecule has 3 aromatic rings. The predicted octanol–water partition coefficient (Wildman–Crippen LogP) is 3.88. The highest BCUT2D eigenvalue weighted by Gasteiger charge is 2.32. The van der Waals surface area contributed by atoms with E-state index in [1.54, 1.807) is 13.3 Å². The van der Waals surface area contributed by atoms with E-state index in [9.17, 15) is 13.6 Å². The van der Waals surface area contributed by atoms with Crippen LogP contribution in [0, 0.1) is 11.6 Å². The van der Waals surface area contributed by atoms with Gasteiger partial charge in [0.2, 0.25) is 0 Å². The lowest BCUT2D eigenvalue weighted by atomic mass is 10.0. The van der Waals surface area contributed by atoms with Crippen LogP contribution < -0.4 is 21.7 Å². The number of hydrogen-bond donors (Lipinski definition) is 3. The second kappa shape index (κ2) is 9.48. The van der Waals surface area contributed by atoms with Crippen LogP contribution in [0.1, 0.15) is 47.1 Å². The number of nitrogens with zero attached hydrogens (tertiary/aromatic N) is 3. The summed E-state index contributed by atoms with van der Waals surface area (Å²) in [4.78, 5) is 24.2. The Balaban J connectivity index is 1.50. The average molecular weight is 501 g/mol. The molecule has 5 N–H and O–H groups in total. The minimum Gasteiger partial charge on any atom is -0.389 e. The minimum atomic E-state index is -0.773. The number of fused-ring (bicyclic) bond motifs is 1. The Bertz CT molecular complexity index is 1260. The number of pyridine rings is 1. The van der Waals surface area contributed by atoms with Crippen LogP contribution in [-0.2, 0) is 11.2 Å². The molecule has 11 heteroatoms. The number of hydrogen-bond acceptors (Lipinski definition) is 8. The first-order valence-electron chi connectivity index (χ1n) is 11.4. The third kappa shape index (κ3) is 4.35. The first kappa shape index (κ1) is 23.6. The number of rotatable bonds is 5. The molecule has 1 amide bonds. The van der Waals surface area contributed by atoms with Crippen molar-refractivity contribution in [2.24, 2.45) is 5.73 Å². The number of methoxy groups -OCH3 is 1. The lowest BCUT2D eigenvalue weighted by molar-refractivity contribution is 0.102. The molecule has 0 saturated carbocycles. The van der Waals surface area contributed by atoms with Crippen molar-refractivity contribution in [1.29, 1.82) is 0 Å². The van der Waals surface area contributed by atoms with E-state index in [-0.39, 0.29) is 33.4 Å². The first-order chi connectivity index (χ1) is 16.9. The normalized spacial score (nSPS) is 19.6. The summed E-state index contributed by atoms with van der Waals surface area (Å²) < 4.78 is 34.1. The van der Waals surface area contributed by atoms with Gasteiger partial charge in [0.25, 0.3) is 5.91 Å². The third-order valence-corrected chi connectivity index (χ3v) is 7.40. The summed E-state index contributed by atoms with van der Waals surface area (Å²) in [5, 5.41) is 2.95. The molecule has 0 spiro atoms. The Labute approximate surface area is 205 Å². The highest BCUT2D eigenvalue weighted by atomic mass is 32.1. The van der Waals surface area contributed by atoms with Crippen LogP contribution in [0.25, 0.3) is 10.6 Å². The second-order valence-electron chi connectivity index (χ2n) is 8.78. The Morgan fingerprint density at radius 3 is 2.77 bits per heavy atom. The van der Waals surface area contributed by atoms with E-state index < -0.39 is 17.5 Å². The Morgan fingerprint density at radius 2 is 2.06 bits per heavy atom. The van der Waals surface area contributed by atoms with Gasteiger partial charge in [0.15, 0.2) is 5.69 Å². The molecule has 1 saturated heterocycles. The Morgan fingerprint density at radius 1 is 1.29 bits per heavy atom. The van der Waals surface area contributed by atoms with Crippen molar-refractivity contribution in [2.75, 3.05) is 36.1 Å². The van der Waals surface area contributed by atoms with E-state index in [0.717, 1.165) is 72.6 Å². The zero-order valence-corrected chi connectivity index (χ0v) is 20.0. The van der Waals surface area contributed by atoms with E-state index in [1.807, 2.05) is 0 Å². The Kier molecular flexibility index (Phi) is 6.39. The van der Waals surface area contributed by atoms with Crippen molar-refractivity contribution in [1.82, 2.24) is 9.97 Å². The number of halogens is 2. The highest BCUT2D eigenvalue weighted by molar-refractivity contribution is 7.19. The molecule has 1 fully saturated rings. The van der Waals surface area contributed by atoms with E-state index in [4.69, 9.17) is 16.2 Å². The third-order valence-electron chi connectivity index (χ3n) is 6.50. The summed E-state index contributed by atoms with van der Waals surface area (Å²) in [6.07, 6.45) is 4.97. The monoisotopic (exact) mass is 500 g/mol. The van der Waals surface area contributed by atoms with Gasteiger partial charge in [-0.2, -0.15) is 0 Å². The number of carbonyl (C=O) groups is 1. The van der Waals surface area contributed by atoms with E-state index in [2.05, 4.69) is 20.2 Å². The van der Waals surface area contributed by atoms with Gasteiger partial charge < -0.3 is 26.4 Å². The number of benzene rings is 1. The summed E-state index contributed by atoms with van der Waals surface area (Å²) in [6, 6.07) is 3.56. The minimum absolute atomic E-state index is 0.000456. The largest absolute Gasteiger partial charge is 0.389 e. The van der Waals surface area contributed by atoms with Gasteiger partial charge >= 0.3 is 0 Å². The fraction of sp³-hybridized carbons (Fsp3) is 0.375. The van der Waals surface area contributed by atoms with Gasteiger partial charge in [-0.1, -0.05) is 17.4 Å². The number of ether oxygens (including phenoxy) is 1. The molecular weight excluding hydrogens is 474 g/mol. The molecule has 8 nitrogen and oxygen atoms in total. The van der Waals surface area contributed by atoms with Crippen LogP contribution in [0.4, 0.5) is 25.2 Å². The molecule has 2 aliphatic rings. The molecule has 0 radical (unpaired) electrons. The molecule has 2 aromatic heterocycles. The topological polar surface area (TPSA) is 119 Å². The zero-order valence-electron chi connectivity index (χ0n) is 19.2. The SMILES string of the molecule is COC1CCc2c1ncc(NC(=O)c1nc(-c3c(F)cccc3F)sc1N)c2N1CCCC(N)C1. The highest BCUT2D eigenvalue weighted by Crippen LogP contribution is 2.42. The second-order valence-corrected chi connectivity index (χ2v) is 9.81. The van der Waals surface area contributed by atoms with Crippen molar-refractivity contribution in [3.8, 4) is 10.6 Å². The molecule has 2 unspecified atom stereocenters. The van der Waals surface area contributed by atoms with Crippen LogP contribution in [0.2, 0.25) is 0 Å². The molecule has 1 aliphatic heterocycles. The number of thiazole rings is 1. The number of anilines is 3. The van der Waals surface area contributed by atoms with Crippen molar-refractivity contribution >= 4 is 33.6 Å². The smallest absolute Gasteiger partial charge is 0.277 e. The van der Waals surface area contributed by atoms with Gasteiger partial charge in [-0.3, -0.25) is 9.78 Å². The van der Waals surface area contributed by atoms with Gasteiger partial charge in [0.1, 0.15) is 21.6 Å². The molecule has 5 rings (SSSR count). The van der Waals surface area contributed by atoms with Crippen molar-refractivity contribution in [2.45, 2.75) is 37.8 Å². The molecule has 2 atom stereocenters. The van der Waals surface area contributed by atoms with E-state index in [0.29, 0.717) is 12.2 Å². The van der Waals surface area contributed by atoms with Crippen LogP contribution in [0.3, 0.4) is 0 Å². The molecular formula is C24H26F2N6O2S. The molecule has 35 heavy (non-hydrogen) atoms. The van der Waals surface area contributed by atoms with Gasteiger partial charge in [0.05, 0.1) is 34.9 Å². The Hall–Kier alpha value is -3.15. The predicted molar refractivity (Wildman–Crippen MR) is 132 cm³/mol. The van der Waals surface area contributed by atoms with Gasteiger partial charge in [-0.25, -0.2) is 13.8 Å². The van der Waals surface area contributed by atoms with Gasteiger partial charge in [-0.15, -0.1) is 0 Å². The maximum absolute atomic E-state index is 14.3. The number of nitrogens with two attached hydrogens (primary N) is 2. The van der Waals surface area contributed by atoms with Crippen molar-refractivity contribution in [3.63, 3.8) is 0 Å². The summed E-state index contributed by atoms with van der Waals surface area (Å²) >= 11 is 0.857. The van der Waals surface area contributed by atoms with E-state index >= 15 is 0 Å². The lowest BCUT2D eigenvalue weighted by Gasteiger charge is -2.35. The van der Waals surface area contributed by atoms with Gasteiger partial charge in [-0.05, 0) is 37.8 Å². The summed E-state index contributed by atoms with van der Waals surface area (Å²) in [7, 11) is 1.66. The molecule has 1 aromatic carbocycles. The maximum atomic E-state index is 14.3. The number of carbonyl (C=O) groups excluding carboxylic acids is 1. The summed E-state index contributed by atoms with van der Waals surface area (Å²) in [5.74, 6) is -2.12. The van der Waals surface area contributed by atoms with Crippen LogP contribution in [0.15, 0.2) is 24.4 Å². The number of nitrogen functional groups attached to an aromatic ring is 1. The quantitative estimate of drug-likeness (QED) is 0.486. The fourth-order valence-corrected chi connectivity index (χ4v) is 5.75. The number of nitrogens with one attached hydrogen (secondary N) is 1. The van der Waals surface area contributed by atoms with Crippen LogP contribution in [-0.4, -0.2) is 42.1 Å². The summed E-state index contributed by atoms with van der Waals surface area (Å²) in [5.41, 5.74) is 15.2. The van der Waals surface area contributed by atoms with Crippen molar-refractivity contribution in [3.05, 3.63) is 53.0 Å². The van der Waals surface area contributed by atoms with Crippen LogP contribution in [0.5, 0.6) is 0 Å². The number of amides is 1. The zero-order chi connectivity index (χ0) is 24.7. The van der Waals surface area contributed by atoms with E-state index in [1.165, 1.54) is 6.07 Å². The maximum Gasteiger partial charge on any atom is 0.277 e. The molecule has 184 valence electrons. The average Bonchev–Trinajstić information content (AvgIpc) is 3.42. The number of piperidine rings is 1. The van der Waals surface area contributed by atoms with Gasteiger partial charge in [0, 0.05) is 31.8 Å². The van der Waals surface area contributed by atoms with Crippen LogP contribution >= 0.6 is 11.3 Å². The number of aromatic nitrogens is 2. The molecule has 3 heterocycles. The first-order valence-corrected chi connectivity index (χ1v) is 12.3. The lowest BCUT2D eigenvalue weighted by Crippen LogP contribution is -2.43.